The molecule has 31 heavy (non-hydrogen) atoms. The number of carbonyl (C=O) groups is 2. The van der Waals surface area contributed by atoms with Crippen molar-refractivity contribution in [3.63, 3.8) is 0 Å². The number of hydrogen-bond acceptors (Lipinski definition) is 3. The molecule has 4 nitrogen and oxygen atoms in total. The molecule has 0 spiro atoms. The maximum absolute atomic E-state index is 13.1. The summed E-state index contributed by atoms with van der Waals surface area (Å²) in [6.45, 7) is 4.68. The Balaban J connectivity index is 2.13. The first-order chi connectivity index (χ1) is 14.8. The van der Waals surface area contributed by atoms with Crippen molar-refractivity contribution in [3.8, 4) is 0 Å². The molecule has 0 radical (unpaired) electrons. The fraction of sp³-hybridized carbons (Fsp3) is 0.391. The first kappa shape index (κ1) is 25.5. The van der Waals surface area contributed by atoms with Crippen LogP contribution in [0.5, 0.6) is 0 Å². The van der Waals surface area contributed by atoms with Crippen molar-refractivity contribution in [2.24, 2.45) is 0 Å². The Kier molecular flexibility index (Phi) is 10.6. The van der Waals surface area contributed by atoms with Crippen LogP contribution in [0.1, 0.15) is 37.8 Å². The van der Waals surface area contributed by atoms with E-state index in [-0.39, 0.29) is 29.9 Å². The number of amides is 2. The van der Waals surface area contributed by atoms with E-state index in [9.17, 15) is 14.0 Å². The average Bonchev–Trinajstić information content (AvgIpc) is 2.75. The highest BCUT2D eigenvalue weighted by Crippen LogP contribution is 2.24. The lowest BCUT2D eigenvalue weighted by Gasteiger charge is -2.30. The molecule has 168 valence electrons. The fourth-order valence-corrected chi connectivity index (χ4v) is 4.23. The molecule has 2 aromatic carbocycles. The Morgan fingerprint density at radius 1 is 1.06 bits per heavy atom. The lowest BCUT2D eigenvalue weighted by atomic mass is 10.1. The van der Waals surface area contributed by atoms with Crippen LogP contribution in [0.2, 0.25) is 10.0 Å². The average molecular weight is 485 g/mol. The molecular weight excluding hydrogens is 458 g/mol. The molecule has 0 saturated heterocycles. The van der Waals surface area contributed by atoms with Crippen LogP contribution in [-0.4, -0.2) is 35.1 Å². The second-order valence-corrected chi connectivity index (χ2v) is 8.90. The van der Waals surface area contributed by atoms with Gasteiger partial charge in [0.05, 0.1) is 15.8 Å². The number of halogens is 3. The number of carbonyl (C=O) groups excluding carboxylic acids is 2. The molecule has 1 atom stereocenters. The second-order valence-electron chi connectivity index (χ2n) is 7.10. The Hall–Kier alpha value is -1.76. The van der Waals surface area contributed by atoms with Gasteiger partial charge in [0.25, 0.3) is 0 Å². The van der Waals surface area contributed by atoms with Gasteiger partial charge in [-0.1, -0.05) is 55.2 Å². The van der Waals surface area contributed by atoms with Crippen LogP contribution in [0.15, 0.2) is 42.5 Å². The Labute approximate surface area is 197 Å². The Morgan fingerprint density at radius 3 is 2.35 bits per heavy atom. The van der Waals surface area contributed by atoms with Crippen LogP contribution in [-0.2, 0) is 21.9 Å². The van der Waals surface area contributed by atoms with Crippen molar-refractivity contribution in [1.82, 2.24) is 10.2 Å². The molecule has 0 heterocycles. The summed E-state index contributed by atoms with van der Waals surface area (Å²) < 4.78 is 13.1. The minimum absolute atomic E-state index is 0.142. The number of hydrogen-bond donors (Lipinski definition) is 1. The molecule has 2 aromatic rings. The summed E-state index contributed by atoms with van der Waals surface area (Å²) in [5.74, 6) is 0.182. The molecular formula is C23H27Cl2FN2O2S. The summed E-state index contributed by atoms with van der Waals surface area (Å²) in [7, 11) is 0. The summed E-state index contributed by atoms with van der Waals surface area (Å²) in [5, 5.41) is 3.73. The standard InChI is InChI=1S/C23H27Cl2FN2O2S/c1-3-11-27-23(30)21(4-2)28(13-17-7-10-19(24)20(25)12-17)22(29)15-31-14-16-5-8-18(26)9-6-16/h5-10,12,21H,3-4,11,13-15H2,1-2H3,(H,27,30)/t21-/m0/s1. The summed E-state index contributed by atoms with van der Waals surface area (Å²) in [6, 6.07) is 10.8. The van der Waals surface area contributed by atoms with Crippen molar-refractivity contribution in [1.29, 1.82) is 0 Å². The van der Waals surface area contributed by atoms with Gasteiger partial charge >= 0.3 is 0 Å². The normalized spacial score (nSPS) is 11.8. The number of rotatable bonds is 11. The summed E-state index contributed by atoms with van der Waals surface area (Å²) in [4.78, 5) is 27.5. The SMILES string of the molecule is CCCNC(=O)[C@H](CC)N(Cc1ccc(Cl)c(Cl)c1)C(=O)CSCc1ccc(F)cc1. The summed E-state index contributed by atoms with van der Waals surface area (Å²) in [6.07, 6.45) is 1.31. The molecule has 0 aromatic heterocycles. The smallest absolute Gasteiger partial charge is 0.242 e. The van der Waals surface area contributed by atoms with Crippen LogP contribution < -0.4 is 5.32 Å². The van der Waals surface area contributed by atoms with Gasteiger partial charge in [-0.2, -0.15) is 0 Å². The third kappa shape index (κ3) is 8.02. The van der Waals surface area contributed by atoms with Gasteiger partial charge in [-0.15, -0.1) is 11.8 Å². The predicted octanol–water partition coefficient (Wildman–Crippen LogP) is 5.70. The molecule has 1 N–H and O–H groups in total. The van der Waals surface area contributed by atoms with E-state index in [4.69, 9.17) is 23.2 Å². The Bertz CT molecular complexity index is 880. The zero-order chi connectivity index (χ0) is 22.8. The van der Waals surface area contributed by atoms with Gasteiger partial charge in [0.2, 0.25) is 11.8 Å². The van der Waals surface area contributed by atoms with E-state index in [1.54, 1.807) is 35.2 Å². The zero-order valence-electron chi connectivity index (χ0n) is 17.7. The van der Waals surface area contributed by atoms with Gasteiger partial charge in [0, 0.05) is 18.8 Å². The predicted molar refractivity (Wildman–Crippen MR) is 127 cm³/mol. The lowest BCUT2D eigenvalue weighted by Crippen LogP contribution is -2.49. The minimum atomic E-state index is -0.583. The van der Waals surface area contributed by atoms with E-state index in [0.717, 1.165) is 17.5 Å². The maximum atomic E-state index is 13.1. The number of benzene rings is 2. The van der Waals surface area contributed by atoms with Gasteiger partial charge in [0.15, 0.2) is 0 Å². The molecule has 0 aliphatic heterocycles. The van der Waals surface area contributed by atoms with Gasteiger partial charge in [-0.25, -0.2) is 4.39 Å². The van der Waals surface area contributed by atoms with Crippen molar-refractivity contribution in [2.45, 2.75) is 45.0 Å². The van der Waals surface area contributed by atoms with Crippen molar-refractivity contribution in [3.05, 3.63) is 69.5 Å². The van der Waals surface area contributed by atoms with Crippen molar-refractivity contribution < 1.29 is 14.0 Å². The summed E-state index contributed by atoms with van der Waals surface area (Å²) >= 11 is 13.6. The summed E-state index contributed by atoms with van der Waals surface area (Å²) in [5.41, 5.74) is 1.73. The highest BCUT2D eigenvalue weighted by molar-refractivity contribution is 7.99. The van der Waals surface area contributed by atoms with Gasteiger partial charge < -0.3 is 10.2 Å². The molecule has 0 bridgehead atoms. The lowest BCUT2D eigenvalue weighted by molar-refractivity contribution is -0.139. The van der Waals surface area contributed by atoms with E-state index < -0.39 is 6.04 Å². The molecule has 0 fully saturated rings. The van der Waals surface area contributed by atoms with E-state index in [0.29, 0.717) is 28.8 Å². The monoisotopic (exact) mass is 484 g/mol. The maximum Gasteiger partial charge on any atom is 0.242 e. The van der Waals surface area contributed by atoms with E-state index in [2.05, 4.69) is 5.32 Å². The van der Waals surface area contributed by atoms with Crippen LogP contribution in [0, 0.1) is 5.82 Å². The van der Waals surface area contributed by atoms with Crippen LogP contribution in [0.3, 0.4) is 0 Å². The second kappa shape index (κ2) is 12.9. The van der Waals surface area contributed by atoms with Gasteiger partial charge in [0.1, 0.15) is 11.9 Å². The van der Waals surface area contributed by atoms with E-state index >= 15 is 0 Å². The van der Waals surface area contributed by atoms with Gasteiger partial charge in [-0.05, 0) is 48.2 Å². The van der Waals surface area contributed by atoms with E-state index in [1.807, 2.05) is 13.8 Å². The molecule has 0 aliphatic rings. The van der Waals surface area contributed by atoms with Gasteiger partial charge in [-0.3, -0.25) is 9.59 Å². The van der Waals surface area contributed by atoms with E-state index in [1.165, 1.54) is 23.9 Å². The quantitative estimate of drug-likeness (QED) is 0.444. The van der Waals surface area contributed by atoms with Crippen LogP contribution in [0.4, 0.5) is 4.39 Å². The number of nitrogens with zero attached hydrogens (tertiary/aromatic N) is 1. The topological polar surface area (TPSA) is 49.4 Å². The largest absolute Gasteiger partial charge is 0.354 e. The third-order valence-corrected chi connectivity index (χ3v) is 6.41. The van der Waals surface area contributed by atoms with Crippen LogP contribution >= 0.6 is 35.0 Å². The number of thioether (sulfide) groups is 1. The molecule has 2 amide bonds. The highest BCUT2D eigenvalue weighted by atomic mass is 35.5. The first-order valence-corrected chi connectivity index (χ1v) is 12.1. The van der Waals surface area contributed by atoms with Crippen molar-refractivity contribution in [2.75, 3.05) is 12.3 Å². The molecule has 0 unspecified atom stereocenters. The Morgan fingerprint density at radius 2 is 1.74 bits per heavy atom. The molecule has 8 heteroatoms. The molecule has 0 aliphatic carbocycles. The zero-order valence-corrected chi connectivity index (χ0v) is 20.0. The minimum Gasteiger partial charge on any atom is -0.354 e. The first-order valence-electron chi connectivity index (χ1n) is 10.2. The van der Waals surface area contributed by atoms with Crippen LogP contribution in [0.25, 0.3) is 0 Å². The third-order valence-electron chi connectivity index (χ3n) is 4.68. The van der Waals surface area contributed by atoms with Crippen molar-refractivity contribution >= 4 is 46.8 Å². The molecule has 2 rings (SSSR count). The fourth-order valence-electron chi connectivity index (χ4n) is 3.04. The highest BCUT2D eigenvalue weighted by Gasteiger charge is 2.28. The molecule has 0 saturated carbocycles. The number of nitrogens with one attached hydrogen (secondary N) is 1.